The van der Waals surface area contributed by atoms with Crippen LogP contribution in [0.15, 0.2) is 12.2 Å². The van der Waals surface area contributed by atoms with Crippen molar-refractivity contribution in [1.82, 2.24) is 0 Å². The molecular formula is C7H16N2O2. The van der Waals surface area contributed by atoms with E-state index in [0.717, 1.165) is 19.5 Å². The molecule has 0 spiro atoms. The van der Waals surface area contributed by atoms with Crippen LogP contribution in [0.2, 0.25) is 0 Å². The molecule has 11 heavy (non-hydrogen) atoms. The molecule has 0 rings (SSSR count). The third-order valence-corrected chi connectivity index (χ3v) is 0.773. The second-order valence-electron chi connectivity index (χ2n) is 2.02. The molecule has 0 aromatic rings. The van der Waals surface area contributed by atoms with Crippen LogP contribution in [0, 0.1) is 0 Å². The van der Waals surface area contributed by atoms with E-state index in [1.54, 1.807) is 0 Å². The summed E-state index contributed by atoms with van der Waals surface area (Å²) < 4.78 is 0. The van der Waals surface area contributed by atoms with Crippen LogP contribution in [0.25, 0.3) is 0 Å². The summed E-state index contributed by atoms with van der Waals surface area (Å²) in [5.74, 6) is -0.935. The number of carboxylic acids is 1. The second-order valence-corrected chi connectivity index (χ2v) is 2.02. The topological polar surface area (TPSA) is 89.3 Å². The summed E-state index contributed by atoms with van der Waals surface area (Å²) in [6.07, 6.45) is 0.944. The minimum atomic E-state index is -0.935. The van der Waals surface area contributed by atoms with Crippen molar-refractivity contribution in [3.8, 4) is 0 Å². The van der Waals surface area contributed by atoms with E-state index in [9.17, 15) is 4.79 Å². The van der Waals surface area contributed by atoms with Gasteiger partial charge in [0, 0.05) is 5.57 Å². The molecule has 5 N–H and O–H groups in total. The monoisotopic (exact) mass is 160 g/mol. The maximum absolute atomic E-state index is 9.60. The predicted molar refractivity (Wildman–Crippen MR) is 45.2 cm³/mol. The van der Waals surface area contributed by atoms with Gasteiger partial charge in [0.25, 0.3) is 0 Å². The van der Waals surface area contributed by atoms with Crippen molar-refractivity contribution in [2.75, 3.05) is 13.1 Å². The second kappa shape index (κ2) is 9.13. The highest BCUT2D eigenvalue weighted by Gasteiger charge is 1.90. The first-order valence-corrected chi connectivity index (χ1v) is 3.35. The van der Waals surface area contributed by atoms with Crippen LogP contribution >= 0.6 is 0 Å². The van der Waals surface area contributed by atoms with E-state index in [2.05, 4.69) is 6.58 Å². The van der Waals surface area contributed by atoms with Gasteiger partial charge in [-0.05, 0) is 26.4 Å². The normalized spacial score (nSPS) is 7.91. The molecule has 4 heteroatoms. The van der Waals surface area contributed by atoms with Crippen molar-refractivity contribution in [3.63, 3.8) is 0 Å². The zero-order chi connectivity index (χ0) is 9.28. The van der Waals surface area contributed by atoms with Crippen LogP contribution in [0.4, 0.5) is 0 Å². The SMILES string of the molecule is C=C(C)C(=O)O.NCCCN. The lowest BCUT2D eigenvalue weighted by molar-refractivity contribution is -0.132. The molecular weight excluding hydrogens is 144 g/mol. The van der Waals surface area contributed by atoms with Gasteiger partial charge in [-0.15, -0.1) is 0 Å². The van der Waals surface area contributed by atoms with Crippen molar-refractivity contribution in [2.45, 2.75) is 13.3 Å². The average molecular weight is 160 g/mol. The molecule has 0 unspecified atom stereocenters. The summed E-state index contributed by atoms with van der Waals surface area (Å²) in [5, 5.41) is 7.89. The van der Waals surface area contributed by atoms with Crippen molar-refractivity contribution in [2.24, 2.45) is 11.5 Å². The Bertz CT molecular complexity index is 110. The first-order valence-electron chi connectivity index (χ1n) is 3.35. The molecule has 0 radical (unpaired) electrons. The molecule has 66 valence electrons. The molecule has 0 aliphatic heterocycles. The lowest BCUT2D eigenvalue weighted by Crippen LogP contribution is -2.06. The highest BCUT2D eigenvalue weighted by molar-refractivity contribution is 5.84. The summed E-state index contributed by atoms with van der Waals surface area (Å²) in [6, 6.07) is 0. The zero-order valence-electron chi connectivity index (χ0n) is 6.84. The van der Waals surface area contributed by atoms with Gasteiger partial charge in [0.15, 0.2) is 0 Å². The van der Waals surface area contributed by atoms with Crippen LogP contribution in [-0.4, -0.2) is 24.2 Å². The van der Waals surface area contributed by atoms with Crippen molar-refractivity contribution < 1.29 is 9.90 Å². The molecule has 0 aromatic carbocycles. The van der Waals surface area contributed by atoms with Crippen LogP contribution < -0.4 is 11.5 Å². The number of carbonyl (C=O) groups is 1. The van der Waals surface area contributed by atoms with Gasteiger partial charge >= 0.3 is 5.97 Å². The molecule has 0 saturated carbocycles. The smallest absolute Gasteiger partial charge is 0.330 e. The minimum absolute atomic E-state index is 0.176. The van der Waals surface area contributed by atoms with Gasteiger partial charge in [0.2, 0.25) is 0 Å². The Labute approximate surface area is 66.9 Å². The van der Waals surface area contributed by atoms with Crippen LogP contribution in [0.5, 0.6) is 0 Å². The Hall–Kier alpha value is -0.870. The predicted octanol–water partition coefficient (Wildman–Crippen LogP) is -0.0590. The van der Waals surface area contributed by atoms with Crippen molar-refractivity contribution >= 4 is 5.97 Å². The Balaban J connectivity index is 0. The Morgan fingerprint density at radius 2 is 1.73 bits per heavy atom. The molecule has 0 amide bonds. The fourth-order valence-corrected chi connectivity index (χ4v) is 0.118. The fraction of sp³-hybridized carbons (Fsp3) is 0.571. The molecule has 0 bridgehead atoms. The van der Waals surface area contributed by atoms with Gasteiger partial charge in [-0.2, -0.15) is 0 Å². The number of nitrogens with two attached hydrogens (primary N) is 2. The standard InChI is InChI=1S/C4H6O2.C3H10N2/c1-3(2)4(5)6;4-2-1-3-5/h1H2,2H3,(H,5,6);1-5H2. The lowest BCUT2D eigenvalue weighted by atomic mass is 10.4. The zero-order valence-corrected chi connectivity index (χ0v) is 6.84. The average Bonchev–Trinajstić information content (AvgIpc) is 1.90. The maximum atomic E-state index is 9.60. The molecule has 0 heterocycles. The van der Waals surface area contributed by atoms with E-state index < -0.39 is 5.97 Å². The lowest BCUT2D eigenvalue weighted by Gasteiger charge is -1.81. The molecule has 0 aliphatic rings. The van der Waals surface area contributed by atoms with E-state index in [1.807, 2.05) is 0 Å². The first kappa shape index (κ1) is 12.8. The van der Waals surface area contributed by atoms with Gasteiger partial charge in [-0.25, -0.2) is 4.79 Å². The number of hydrogen-bond donors (Lipinski definition) is 3. The van der Waals surface area contributed by atoms with Gasteiger partial charge in [-0.1, -0.05) is 6.58 Å². The summed E-state index contributed by atoms with van der Waals surface area (Å²) in [7, 11) is 0. The molecule has 0 aromatic heterocycles. The van der Waals surface area contributed by atoms with Crippen LogP contribution in [0.3, 0.4) is 0 Å². The molecule has 0 aliphatic carbocycles. The molecule has 4 nitrogen and oxygen atoms in total. The molecule has 0 saturated heterocycles. The van der Waals surface area contributed by atoms with E-state index >= 15 is 0 Å². The van der Waals surface area contributed by atoms with Gasteiger partial charge in [0.05, 0.1) is 0 Å². The quantitative estimate of drug-likeness (QED) is 0.504. The summed E-state index contributed by atoms with van der Waals surface area (Å²) in [4.78, 5) is 9.60. The van der Waals surface area contributed by atoms with Crippen molar-refractivity contribution in [3.05, 3.63) is 12.2 Å². The highest BCUT2D eigenvalue weighted by Crippen LogP contribution is 1.81. The van der Waals surface area contributed by atoms with E-state index in [1.165, 1.54) is 6.92 Å². The van der Waals surface area contributed by atoms with Crippen molar-refractivity contribution in [1.29, 1.82) is 0 Å². The summed E-state index contributed by atoms with van der Waals surface area (Å²) in [5.41, 5.74) is 10.3. The van der Waals surface area contributed by atoms with E-state index in [-0.39, 0.29) is 5.57 Å². The van der Waals surface area contributed by atoms with E-state index in [0.29, 0.717) is 0 Å². The maximum Gasteiger partial charge on any atom is 0.330 e. The largest absolute Gasteiger partial charge is 0.478 e. The minimum Gasteiger partial charge on any atom is -0.478 e. The molecule has 0 fully saturated rings. The molecule has 0 atom stereocenters. The van der Waals surface area contributed by atoms with Gasteiger partial charge in [-0.3, -0.25) is 0 Å². The van der Waals surface area contributed by atoms with Crippen LogP contribution in [0.1, 0.15) is 13.3 Å². The number of aliphatic carboxylic acids is 1. The third-order valence-electron chi connectivity index (χ3n) is 0.773. The van der Waals surface area contributed by atoms with Gasteiger partial charge < -0.3 is 16.6 Å². The fourth-order valence-electron chi connectivity index (χ4n) is 0.118. The number of hydrogen-bond acceptors (Lipinski definition) is 3. The Morgan fingerprint density at radius 3 is 1.73 bits per heavy atom. The number of rotatable bonds is 3. The summed E-state index contributed by atoms with van der Waals surface area (Å²) >= 11 is 0. The summed E-state index contributed by atoms with van der Waals surface area (Å²) in [6.45, 7) is 6.04. The van der Waals surface area contributed by atoms with Crippen LogP contribution in [-0.2, 0) is 4.79 Å². The highest BCUT2D eigenvalue weighted by atomic mass is 16.4. The third kappa shape index (κ3) is 17.6. The Kier molecular flexibility index (Phi) is 10.6. The van der Waals surface area contributed by atoms with E-state index in [4.69, 9.17) is 16.6 Å². The number of carboxylic acid groups (broad SMARTS) is 1. The Morgan fingerprint density at radius 1 is 1.45 bits per heavy atom. The first-order chi connectivity index (χ1) is 5.06. The van der Waals surface area contributed by atoms with Gasteiger partial charge in [0.1, 0.15) is 0 Å².